The monoisotopic (exact) mass is 238 g/mol. The smallest absolute Gasteiger partial charge is 0.244 e. The van der Waals surface area contributed by atoms with Gasteiger partial charge in [0, 0.05) is 13.1 Å². The highest BCUT2D eigenvalue weighted by atomic mass is 16.2. The number of hydrogen-bond donors (Lipinski definition) is 0. The summed E-state index contributed by atoms with van der Waals surface area (Å²) in [5.74, 6) is 0.0102. The molecule has 0 radical (unpaired) electrons. The maximum atomic E-state index is 11.9. The van der Waals surface area contributed by atoms with Crippen LogP contribution in [0.15, 0.2) is 6.20 Å². The van der Waals surface area contributed by atoms with E-state index in [1.165, 1.54) is 10.9 Å². The summed E-state index contributed by atoms with van der Waals surface area (Å²) in [6.07, 6.45) is 3.95. The van der Waals surface area contributed by atoms with E-state index in [9.17, 15) is 9.59 Å². The lowest BCUT2D eigenvalue weighted by molar-refractivity contribution is -0.132. The number of aromatic nitrogens is 3. The molecule has 0 aliphatic rings. The predicted octanol–water partition coefficient (Wildman–Crippen LogP) is 0.739. The van der Waals surface area contributed by atoms with E-state index >= 15 is 0 Å². The predicted molar refractivity (Wildman–Crippen MR) is 62.6 cm³/mol. The number of rotatable bonds is 7. The summed E-state index contributed by atoms with van der Waals surface area (Å²) in [5.41, 5.74) is 0.246. The van der Waals surface area contributed by atoms with E-state index in [0.29, 0.717) is 6.29 Å². The Labute approximate surface area is 101 Å². The van der Waals surface area contributed by atoms with Crippen molar-refractivity contribution in [3.8, 4) is 0 Å². The van der Waals surface area contributed by atoms with Gasteiger partial charge < -0.3 is 4.90 Å². The Balaban J connectivity index is 2.58. The van der Waals surface area contributed by atoms with Gasteiger partial charge in [0.25, 0.3) is 0 Å². The highest BCUT2D eigenvalue weighted by Crippen LogP contribution is 1.98. The first-order valence-electron chi connectivity index (χ1n) is 5.84. The summed E-state index contributed by atoms with van der Waals surface area (Å²) < 4.78 is 1.39. The molecule has 1 aromatic heterocycles. The summed E-state index contributed by atoms with van der Waals surface area (Å²) in [6, 6.07) is 0. The van der Waals surface area contributed by atoms with Crippen molar-refractivity contribution < 1.29 is 9.59 Å². The summed E-state index contributed by atoms with van der Waals surface area (Å²) in [6.45, 7) is 5.72. The van der Waals surface area contributed by atoms with Crippen LogP contribution < -0.4 is 0 Å². The van der Waals surface area contributed by atoms with E-state index in [-0.39, 0.29) is 18.1 Å². The van der Waals surface area contributed by atoms with Crippen LogP contribution in [-0.2, 0) is 11.3 Å². The molecule has 6 nitrogen and oxygen atoms in total. The zero-order valence-electron chi connectivity index (χ0n) is 10.3. The molecule has 1 aromatic rings. The zero-order valence-corrected chi connectivity index (χ0v) is 10.3. The third-order valence-corrected chi connectivity index (χ3v) is 2.31. The molecule has 6 heteroatoms. The number of amides is 1. The van der Waals surface area contributed by atoms with Gasteiger partial charge in [0.15, 0.2) is 6.29 Å². The third-order valence-electron chi connectivity index (χ3n) is 2.31. The van der Waals surface area contributed by atoms with Gasteiger partial charge in [-0.25, -0.2) is 4.68 Å². The van der Waals surface area contributed by atoms with E-state index in [1.54, 1.807) is 0 Å². The Morgan fingerprint density at radius 3 is 2.53 bits per heavy atom. The summed E-state index contributed by atoms with van der Waals surface area (Å²) in [7, 11) is 0. The molecule has 0 N–H and O–H groups in total. The molecule has 0 aliphatic heterocycles. The standard InChI is InChI=1S/C11H18N4O2/c1-3-5-14(6-4-2)11(17)8-15-7-10(9-16)12-13-15/h7,9H,3-6,8H2,1-2H3. The largest absolute Gasteiger partial charge is 0.341 e. The minimum atomic E-state index is 0.0102. The van der Waals surface area contributed by atoms with Crippen LogP contribution in [0.4, 0.5) is 0 Å². The topological polar surface area (TPSA) is 68.1 Å². The second-order valence-electron chi connectivity index (χ2n) is 3.84. The molecule has 0 spiro atoms. The third kappa shape index (κ3) is 3.97. The number of hydrogen-bond acceptors (Lipinski definition) is 4. The molecule has 17 heavy (non-hydrogen) atoms. The van der Waals surface area contributed by atoms with Crippen LogP contribution in [0, 0.1) is 0 Å². The Bertz CT molecular complexity index is 369. The van der Waals surface area contributed by atoms with E-state index in [1.807, 2.05) is 18.7 Å². The molecule has 0 aliphatic carbocycles. The average molecular weight is 238 g/mol. The van der Waals surface area contributed by atoms with Gasteiger partial charge in [-0.05, 0) is 12.8 Å². The van der Waals surface area contributed by atoms with Crippen LogP contribution in [0.5, 0.6) is 0 Å². The molecule has 94 valence electrons. The molecule has 0 atom stereocenters. The Morgan fingerprint density at radius 1 is 1.41 bits per heavy atom. The molecule has 0 aromatic carbocycles. The Kier molecular flexibility index (Phi) is 5.32. The fourth-order valence-electron chi connectivity index (χ4n) is 1.58. The molecule has 0 fully saturated rings. The fourth-order valence-corrected chi connectivity index (χ4v) is 1.58. The Morgan fingerprint density at radius 2 is 2.06 bits per heavy atom. The normalized spacial score (nSPS) is 10.2. The first kappa shape index (κ1) is 13.3. The highest BCUT2D eigenvalue weighted by Gasteiger charge is 2.13. The summed E-state index contributed by atoms with van der Waals surface area (Å²) >= 11 is 0. The van der Waals surface area contributed by atoms with Crippen molar-refractivity contribution in [2.75, 3.05) is 13.1 Å². The summed E-state index contributed by atoms with van der Waals surface area (Å²) in [4.78, 5) is 24.2. The maximum absolute atomic E-state index is 11.9. The van der Waals surface area contributed by atoms with Crippen LogP contribution in [0.1, 0.15) is 37.2 Å². The molecule has 1 rings (SSSR count). The number of nitrogens with zero attached hydrogens (tertiary/aromatic N) is 4. The first-order chi connectivity index (χ1) is 8.21. The number of carbonyl (C=O) groups is 2. The van der Waals surface area contributed by atoms with E-state index in [0.717, 1.165) is 25.9 Å². The average Bonchev–Trinajstić information content (AvgIpc) is 2.76. The van der Waals surface area contributed by atoms with E-state index < -0.39 is 0 Å². The number of aldehydes is 1. The van der Waals surface area contributed by atoms with E-state index in [4.69, 9.17) is 0 Å². The molecule has 0 saturated carbocycles. The maximum Gasteiger partial charge on any atom is 0.244 e. The molecule has 1 heterocycles. The Hall–Kier alpha value is -1.72. The van der Waals surface area contributed by atoms with Crippen LogP contribution in [0.2, 0.25) is 0 Å². The van der Waals surface area contributed by atoms with Crippen molar-refractivity contribution in [1.29, 1.82) is 0 Å². The van der Waals surface area contributed by atoms with Gasteiger partial charge >= 0.3 is 0 Å². The molecule has 0 unspecified atom stereocenters. The van der Waals surface area contributed by atoms with Crippen molar-refractivity contribution in [1.82, 2.24) is 19.9 Å². The SMILES string of the molecule is CCCN(CCC)C(=O)Cn1cc(C=O)nn1. The first-order valence-corrected chi connectivity index (χ1v) is 5.84. The van der Waals surface area contributed by atoms with Crippen molar-refractivity contribution in [3.05, 3.63) is 11.9 Å². The fraction of sp³-hybridized carbons (Fsp3) is 0.636. The van der Waals surface area contributed by atoms with Crippen LogP contribution in [0.3, 0.4) is 0 Å². The van der Waals surface area contributed by atoms with Gasteiger partial charge in [0.1, 0.15) is 12.2 Å². The van der Waals surface area contributed by atoms with Crippen LogP contribution >= 0.6 is 0 Å². The molecule has 0 saturated heterocycles. The van der Waals surface area contributed by atoms with Crippen LogP contribution in [0.25, 0.3) is 0 Å². The molecule has 1 amide bonds. The van der Waals surface area contributed by atoms with Gasteiger partial charge in [-0.15, -0.1) is 5.10 Å². The molecular formula is C11H18N4O2. The van der Waals surface area contributed by atoms with E-state index in [2.05, 4.69) is 10.3 Å². The van der Waals surface area contributed by atoms with Gasteiger partial charge in [-0.2, -0.15) is 0 Å². The van der Waals surface area contributed by atoms with Crippen molar-refractivity contribution in [2.24, 2.45) is 0 Å². The summed E-state index contributed by atoms with van der Waals surface area (Å²) in [5, 5.41) is 7.33. The van der Waals surface area contributed by atoms with Gasteiger partial charge in [-0.3, -0.25) is 9.59 Å². The number of carbonyl (C=O) groups excluding carboxylic acids is 2. The molecular weight excluding hydrogens is 220 g/mol. The quantitative estimate of drug-likeness (QED) is 0.657. The molecule has 0 bridgehead atoms. The highest BCUT2D eigenvalue weighted by molar-refractivity contribution is 5.76. The van der Waals surface area contributed by atoms with Gasteiger partial charge in [-0.1, -0.05) is 19.1 Å². The van der Waals surface area contributed by atoms with Crippen LogP contribution in [-0.4, -0.2) is 45.2 Å². The lowest BCUT2D eigenvalue weighted by Gasteiger charge is -2.21. The second kappa shape index (κ2) is 6.78. The zero-order chi connectivity index (χ0) is 12.7. The minimum Gasteiger partial charge on any atom is -0.341 e. The van der Waals surface area contributed by atoms with Crippen molar-refractivity contribution >= 4 is 12.2 Å². The van der Waals surface area contributed by atoms with Gasteiger partial charge in [0.05, 0.1) is 6.20 Å². The lowest BCUT2D eigenvalue weighted by atomic mass is 10.3. The second-order valence-corrected chi connectivity index (χ2v) is 3.84. The minimum absolute atomic E-state index is 0.0102. The van der Waals surface area contributed by atoms with Crippen molar-refractivity contribution in [3.63, 3.8) is 0 Å². The van der Waals surface area contributed by atoms with Gasteiger partial charge in [0.2, 0.25) is 5.91 Å². The van der Waals surface area contributed by atoms with Crippen molar-refractivity contribution in [2.45, 2.75) is 33.2 Å². The lowest BCUT2D eigenvalue weighted by Crippen LogP contribution is -2.35.